The van der Waals surface area contributed by atoms with Crippen LogP contribution < -0.4 is 10.6 Å². The van der Waals surface area contributed by atoms with E-state index in [0.717, 1.165) is 24.1 Å². The number of allylic oxidation sites excluding steroid dienone is 1. The molecular formula is C22H24N2O2S. The fourth-order valence-corrected chi connectivity index (χ4v) is 3.68. The van der Waals surface area contributed by atoms with Gasteiger partial charge in [0.05, 0.1) is 0 Å². The van der Waals surface area contributed by atoms with E-state index in [-0.39, 0.29) is 17.5 Å². The van der Waals surface area contributed by atoms with E-state index in [0.29, 0.717) is 12.1 Å². The summed E-state index contributed by atoms with van der Waals surface area (Å²) in [5.74, 6) is -0.548. The molecule has 2 aromatic rings. The summed E-state index contributed by atoms with van der Waals surface area (Å²) in [4.78, 5) is 26.1. The molecule has 0 aliphatic heterocycles. The molecule has 3 rings (SSSR count). The van der Waals surface area contributed by atoms with Gasteiger partial charge in [-0.05, 0) is 61.8 Å². The SMILES string of the molecule is O=C(NCCC1=CCCCC1)/C(=C/c1cccs1)NC(=O)c1ccccc1. The highest BCUT2D eigenvalue weighted by Crippen LogP contribution is 2.19. The third-order valence-corrected chi connectivity index (χ3v) is 5.29. The molecule has 5 heteroatoms. The molecule has 0 atom stereocenters. The van der Waals surface area contributed by atoms with Crippen molar-refractivity contribution in [3.63, 3.8) is 0 Å². The van der Waals surface area contributed by atoms with E-state index in [1.165, 1.54) is 29.8 Å². The zero-order valence-corrected chi connectivity index (χ0v) is 16.1. The van der Waals surface area contributed by atoms with Crippen molar-refractivity contribution in [2.75, 3.05) is 6.54 Å². The molecule has 27 heavy (non-hydrogen) atoms. The highest BCUT2D eigenvalue weighted by molar-refractivity contribution is 7.10. The number of hydrogen-bond acceptors (Lipinski definition) is 3. The van der Waals surface area contributed by atoms with Crippen molar-refractivity contribution in [1.29, 1.82) is 0 Å². The van der Waals surface area contributed by atoms with Gasteiger partial charge in [-0.15, -0.1) is 11.3 Å². The van der Waals surface area contributed by atoms with Gasteiger partial charge in [0.1, 0.15) is 5.70 Å². The van der Waals surface area contributed by atoms with Crippen LogP contribution in [-0.4, -0.2) is 18.4 Å². The van der Waals surface area contributed by atoms with Crippen LogP contribution in [0.2, 0.25) is 0 Å². The number of carbonyl (C=O) groups excluding carboxylic acids is 2. The number of amides is 2. The number of hydrogen-bond donors (Lipinski definition) is 2. The fourth-order valence-electron chi connectivity index (χ4n) is 3.02. The van der Waals surface area contributed by atoms with Gasteiger partial charge in [0.25, 0.3) is 11.8 Å². The summed E-state index contributed by atoms with van der Waals surface area (Å²) in [6, 6.07) is 12.7. The smallest absolute Gasteiger partial charge is 0.267 e. The zero-order chi connectivity index (χ0) is 18.9. The molecule has 1 aliphatic rings. The minimum absolute atomic E-state index is 0.260. The van der Waals surface area contributed by atoms with E-state index in [1.54, 1.807) is 30.3 Å². The van der Waals surface area contributed by atoms with Crippen LogP contribution in [0.15, 0.2) is 65.2 Å². The average molecular weight is 381 g/mol. The summed E-state index contributed by atoms with van der Waals surface area (Å²) in [5, 5.41) is 7.64. The Balaban J connectivity index is 1.65. The molecule has 0 saturated carbocycles. The predicted octanol–water partition coefficient (Wildman–Crippen LogP) is 4.53. The molecular weight excluding hydrogens is 356 g/mol. The molecule has 0 fully saturated rings. The Morgan fingerprint density at radius 3 is 2.63 bits per heavy atom. The molecule has 1 aromatic heterocycles. The maximum atomic E-state index is 12.7. The summed E-state index contributed by atoms with van der Waals surface area (Å²) in [6.07, 6.45) is 9.63. The van der Waals surface area contributed by atoms with Crippen LogP contribution in [0.3, 0.4) is 0 Å². The van der Waals surface area contributed by atoms with Crippen molar-refractivity contribution in [2.24, 2.45) is 0 Å². The largest absolute Gasteiger partial charge is 0.350 e. The van der Waals surface area contributed by atoms with Gasteiger partial charge in [-0.25, -0.2) is 0 Å². The predicted molar refractivity (Wildman–Crippen MR) is 110 cm³/mol. The summed E-state index contributed by atoms with van der Waals surface area (Å²) < 4.78 is 0. The highest BCUT2D eigenvalue weighted by Gasteiger charge is 2.15. The first kappa shape index (κ1) is 19.1. The van der Waals surface area contributed by atoms with Gasteiger partial charge in [-0.1, -0.05) is 35.9 Å². The molecule has 0 spiro atoms. The van der Waals surface area contributed by atoms with Gasteiger partial charge in [0, 0.05) is 17.0 Å². The van der Waals surface area contributed by atoms with E-state index in [1.807, 2.05) is 23.6 Å². The van der Waals surface area contributed by atoms with Gasteiger partial charge in [-0.2, -0.15) is 0 Å². The molecule has 2 amide bonds. The van der Waals surface area contributed by atoms with Gasteiger partial charge >= 0.3 is 0 Å². The van der Waals surface area contributed by atoms with Gasteiger partial charge in [-0.3, -0.25) is 9.59 Å². The Hall–Kier alpha value is -2.66. The van der Waals surface area contributed by atoms with Crippen LogP contribution in [0.25, 0.3) is 6.08 Å². The number of carbonyl (C=O) groups is 2. The quantitative estimate of drug-likeness (QED) is 0.548. The second kappa shape index (κ2) is 9.88. The first-order chi connectivity index (χ1) is 13.2. The highest BCUT2D eigenvalue weighted by atomic mass is 32.1. The maximum absolute atomic E-state index is 12.7. The monoisotopic (exact) mass is 380 g/mol. The minimum Gasteiger partial charge on any atom is -0.350 e. The molecule has 1 aliphatic carbocycles. The summed E-state index contributed by atoms with van der Waals surface area (Å²) in [6.45, 7) is 0.577. The molecule has 1 aromatic carbocycles. The van der Waals surface area contributed by atoms with E-state index < -0.39 is 0 Å². The van der Waals surface area contributed by atoms with Gasteiger partial charge < -0.3 is 10.6 Å². The lowest BCUT2D eigenvalue weighted by molar-refractivity contribution is -0.117. The topological polar surface area (TPSA) is 58.2 Å². The Bertz CT molecular complexity index is 823. The molecule has 2 N–H and O–H groups in total. The lowest BCUT2D eigenvalue weighted by Gasteiger charge is -2.14. The van der Waals surface area contributed by atoms with Gasteiger partial charge in [0.2, 0.25) is 0 Å². The number of benzene rings is 1. The van der Waals surface area contributed by atoms with Crippen LogP contribution >= 0.6 is 11.3 Å². The lowest BCUT2D eigenvalue weighted by atomic mass is 9.97. The summed E-state index contributed by atoms with van der Waals surface area (Å²) >= 11 is 1.52. The molecule has 1 heterocycles. The third-order valence-electron chi connectivity index (χ3n) is 4.48. The summed E-state index contributed by atoms with van der Waals surface area (Å²) in [7, 11) is 0. The van der Waals surface area contributed by atoms with Crippen LogP contribution in [0.5, 0.6) is 0 Å². The Kier molecular flexibility index (Phi) is 6.99. The van der Waals surface area contributed by atoms with Crippen molar-refractivity contribution < 1.29 is 9.59 Å². The van der Waals surface area contributed by atoms with Crippen LogP contribution in [0.4, 0.5) is 0 Å². The van der Waals surface area contributed by atoms with E-state index in [9.17, 15) is 9.59 Å². The van der Waals surface area contributed by atoms with Crippen LogP contribution in [0, 0.1) is 0 Å². The minimum atomic E-state index is -0.288. The van der Waals surface area contributed by atoms with Crippen molar-refractivity contribution in [3.8, 4) is 0 Å². The first-order valence-corrected chi connectivity index (χ1v) is 10.2. The van der Waals surface area contributed by atoms with Crippen LogP contribution in [-0.2, 0) is 4.79 Å². The third kappa shape index (κ3) is 5.93. The van der Waals surface area contributed by atoms with Crippen LogP contribution in [0.1, 0.15) is 47.3 Å². The van der Waals surface area contributed by atoms with E-state index >= 15 is 0 Å². The number of thiophene rings is 1. The molecule has 0 unspecified atom stereocenters. The Morgan fingerprint density at radius 2 is 1.93 bits per heavy atom. The average Bonchev–Trinajstić information content (AvgIpc) is 3.22. The van der Waals surface area contributed by atoms with Crippen molar-refractivity contribution in [2.45, 2.75) is 32.1 Å². The van der Waals surface area contributed by atoms with Crippen molar-refractivity contribution in [1.82, 2.24) is 10.6 Å². The van der Waals surface area contributed by atoms with E-state index in [2.05, 4.69) is 16.7 Å². The second-order valence-electron chi connectivity index (χ2n) is 6.51. The lowest BCUT2D eigenvalue weighted by Crippen LogP contribution is -2.35. The number of nitrogens with one attached hydrogen (secondary N) is 2. The fraction of sp³-hybridized carbons (Fsp3) is 0.273. The molecule has 0 saturated heterocycles. The normalized spacial score (nSPS) is 14.4. The summed E-state index contributed by atoms with van der Waals surface area (Å²) in [5.41, 5.74) is 2.21. The molecule has 4 nitrogen and oxygen atoms in total. The van der Waals surface area contributed by atoms with Crippen molar-refractivity contribution >= 4 is 29.2 Å². The number of rotatable bonds is 7. The Labute approximate surface area is 164 Å². The molecule has 140 valence electrons. The van der Waals surface area contributed by atoms with Crippen molar-refractivity contribution in [3.05, 3.63) is 75.6 Å². The second-order valence-corrected chi connectivity index (χ2v) is 7.49. The first-order valence-electron chi connectivity index (χ1n) is 9.30. The maximum Gasteiger partial charge on any atom is 0.267 e. The Morgan fingerprint density at radius 1 is 1.07 bits per heavy atom. The zero-order valence-electron chi connectivity index (χ0n) is 15.2. The molecule has 0 radical (unpaired) electrons. The standard InChI is InChI=1S/C22H24N2O2S/c25-21(18-10-5-2-6-11-18)24-20(16-19-12-7-15-27-19)22(26)23-14-13-17-8-3-1-4-9-17/h2,5-8,10-12,15-16H,1,3-4,9,13-14H2,(H,23,26)(H,24,25)/b20-16-. The van der Waals surface area contributed by atoms with Gasteiger partial charge in [0.15, 0.2) is 0 Å². The molecule has 0 bridgehead atoms. The van der Waals surface area contributed by atoms with E-state index in [4.69, 9.17) is 0 Å².